The quantitative estimate of drug-likeness (QED) is 0.558. The predicted molar refractivity (Wildman–Crippen MR) is 103 cm³/mol. The molecule has 25 heavy (non-hydrogen) atoms. The van der Waals surface area contributed by atoms with Crippen LogP contribution < -0.4 is 4.90 Å². The monoisotopic (exact) mass is 349 g/mol. The molecule has 0 radical (unpaired) electrons. The largest absolute Gasteiger partial charge is 0.355 e. The number of aromatic nitrogens is 4. The molecule has 0 aliphatic heterocycles. The lowest BCUT2D eigenvalue weighted by Gasteiger charge is -2.18. The number of aryl methyl sites for hydroxylation is 2. The molecule has 5 nitrogen and oxygen atoms in total. The van der Waals surface area contributed by atoms with E-state index < -0.39 is 0 Å². The molecule has 4 aromatic rings. The summed E-state index contributed by atoms with van der Waals surface area (Å²) in [6, 6.07) is 8.60. The van der Waals surface area contributed by atoms with Gasteiger partial charge < -0.3 is 4.90 Å². The van der Waals surface area contributed by atoms with Gasteiger partial charge in [-0.1, -0.05) is 29.8 Å². The van der Waals surface area contributed by atoms with E-state index in [-0.39, 0.29) is 0 Å². The number of hydrogen-bond donors (Lipinski definition) is 0. The lowest BCUT2D eigenvalue weighted by molar-refractivity contribution is 0.766. The molecule has 6 heteroatoms. The van der Waals surface area contributed by atoms with Crippen LogP contribution >= 0.6 is 11.3 Å². The molecule has 3 heterocycles. The van der Waals surface area contributed by atoms with E-state index in [0.29, 0.717) is 0 Å². The minimum Gasteiger partial charge on any atom is -0.355 e. The number of hydrogen-bond acceptors (Lipinski definition) is 5. The maximum absolute atomic E-state index is 4.58. The van der Waals surface area contributed by atoms with Crippen molar-refractivity contribution in [3.63, 3.8) is 0 Å². The molecule has 0 spiro atoms. The molecule has 0 saturated heterocycles. The van der Waals surface area contributed by atoms with Gasteiger partial charge in [-0.05, 0) is 12.5 Å². The van der Waals surface area contributed by atoms with Crippen LogP contribution in [0.5, 0.6) is 0 Å². The fourth-order valence-corrected chi connectivity index (χ4v) is 3.91. The average molecular weight is 349 g/mol. The molecule has 0 N–H and O–H groups in total. The van der Waals surface area contributed by atoms with Crippen LogP contribution in [0.15, 0.2) is 48.4 Å². The minimum atomic E-state index is 0.753. The van der Waals surface area contributed by atoms with Gasteiger partial charge >= 0.3 is 0 Å². The van der Waals surface area contributed by atoms with Crippen molar-refractivity contribution in [2.45, 2.75) is 13.5 Å². The van der Waals surface area contributed by atoms with E-state index in [0.717, 1.165) is 28.1 Å². The summed E-state index contributed by atoms with van der Waals surface area (Å²) in [4.78, 5) is 12.2. The van der Waals surface area contributed by atoms with Gasteiger partial charge in [-0.25, -0.2) is 9.97 Å². The lowest BCUT2D eigenvalue weighted by atomic mass is 10.0. The summed E-state index contributed by atoms with van der Waals surface area (Å²) >= 11 is 1.66. The van der Waals surface area contributed by atoms with Gasteiger partial charge in [-0.2, -0.15) is 5.10 Å². The fourth-order valence-electron chi connectivity index (χ4n) is 3.00. The molecular weight excluding hydrogens is 330 g/mol. The van der Waals surface area contributed by atoms with Crippen molar-refractivity contribution >= 4 is 27.4 Å². The number of nitrogens with zero attached hydrogens (tertiary/aromatic N) is 5. The Morgan fingerprint density at radius 3 is 2.68 bits per heavy atom. The summed E-state index contributed by atoms with van der Waals surface area (Å²) in [5.74, 6) is 0.950. The maximum atomic E-state index is 4.58. The molecule has 4 rings (SSSR count). The Bertz CT molecular complexity index is 1020. The number of thiophene rings is 1. The Morgan fingerprint density at radius 1 is 1.16 bits per heavy atom. The van der Waals surface area contributed by atoms with E-state index in [1.165, 1.54) is 16.7 Å². The third-order valence-corrected chi connectivity index (χ3v) is 5.14. The van der Waals surface area contributed by atoms with E-state index in [2.05, 4.69) is 63.6 Å². The van der Waals surface area contributed by atoms with E-state index in [4.69, 9.17) is 0 Å². The van der Waals surface area contributed by atoms with E-state index in [1.54, 1.807) is 17.7 Å². The first-order chi connectivity index (χ1) is 12.1. The summed E-state index contributed by atoms with van der Waals surface area (Å²) in [7, 11) is 3.99. The van der Waals surface area contributed by atoms with Gasteiger partial charge in [0.15, 0.2) is 0 Å². The van der Waals surface area contributed by atoms with E-state index >= 15 is 0 Å². The molecule has 0 unspecified atom stereocenters. The molecule has 0 aliphatic rings. The van der Waals surface area contributed by atoms with Gasteiger partial charge in [0.05, 0.1) is 11.6 Å². The SMILES string of the molecule is Cc1ccc(-c2csc3ncnc(N(C)Cc4cnn(C)c4)c23)cc1. The zero-order valence-electron chi connectivity index (χ0n) is 14.5. The smallest absolute Gasteiger partial charge is 0.141 e. The number of rotatable bonds is 4. The van der Waals surface area contributed by atoms with Crippen LogP contribution in [0.4, 0.5) is 5.82 Å². The van der Waals surface area contributed by atoms with Gasteiger partial charge in [-0.3, -0.25) is 4.68 Å². The maximum Gasteiger partial charge on any atom is 0.141 e. The second-order valence-electron chi connectivity index (χ2n) is 6.27. The van der Waals surface area contributed by atoms with Crippen LogP contribution in [-0.4, -0.2) is 26.8 Å². The highest BCUT2D eigenvalue weighted by Gasteiger charge is 2.16. The van der Waals surface area contributed by atoms with Crippen LogP contribution in [0.2, 0.25) is 0 Å². The van der Waals surface area contributed by atoms with E-state index in [9.17, 15) is 0 Å². The first-order valence-electron chi connectivity index (χ1n) is 8.10. The Labute approximate surface area is 150 Å². The topological polar surface area (TPSA) is 46.8 Å². The number of anilines is 1. The van der Waals surface area contributed by atoms with Crippen molar-refractivity contribution in [3.8, 4) is 11.1 Å². The predicted octanol–water partition coefficient (Wildman–Crippen LogP) is 4.04. The summed E-state index contributed by atoms with van der Waals surface area (Å²) in [5.41, 5.74) is 4.80. The summed E-state index contributed by atoms with van der Waals surface area (Å²) < 4.78 is 1.82. The number of fused-ring (bicyclic) bond motifs is 1. The molecule has 3 aromatic heterocycles. The standard InChI is InChI=1S/C19H19N5S/c1-13-4-6-15(7-5-13)16-11-25-19-17(16)18(20-12-21-19)23(2)9-14-8-22-24(3)10-14/h4-8,10-12H,9H2,1-3H3. The normalized spacial score (nSPS) is 11.2. The molecule has 0 fully saturated rings. The van der Waals surface area contributed by atoms with Gasteiger partial charge in [0.25, 0.3) is 0 Å². The summed E-state index contributed by atoms with van der Waals surface area (Å²) in [5, 5.41) is 7.53. The highest BCUT2D eigenvalue weighted by Crippen LogP contribution is 2.37. The molecule has 0 aliphatic carbocycles. The van der Waals surface area contributed by atoms with Crippen molar-refractivity contribution in [1.29, 1.82) is 0 Å². The third kappa shape index (κ3) is 3.00. The third-order valence-electron chi connectivity index (χ3n) is 4.25. The Hall–Kier alpha value is -2.73. The van der Waals surface area contributed by atoms with Crippen molar-refractivity contribution in [2.24, 2.45) is 7.05 Å². The zero-order valence-corrected chi connectivity index (χ0v) is 15.3. The zero-order chi connectivity index (χ0) is 17.4. The highest BCUT2D eigenvalue weighted by atomic mass is 32.1. The Morgan fingerprint density at radius 2 is 1.96 bits per heavy atom. The molecule has 0 amide bonds. The second kappa shape index (κ2) is 6.29. The minimum absolute atomic E-state index is 0.753. The van der Waals surface area contributed by atoms with Crippen LogP contribution in [0.1, 0.15) is 11.1 Å². The highest BCUT2D eigenvalue weighted by molar-refractivity contribution is 7.17. The molecule has 0 bridgehead atoms. The fraction of sp³-hybridized carbons (Fsp3) is 0.211. The molecule has 1 aromatic carbocycles. The molecule has 126 valence electrons. The second-order valence-corrected chi connectivity index (χ2v) is 7.13. The summed E-state index contributed by atoms with van der Waals surface area (Å²) in [6.07, 6.45) is 5.57. The van der Waals surface area contributed by atoms with Gasteiger partial charge in [0.1, 0.15) is 17.0 Å². The van der Waals surface area contributed by atoms with Crippen LogP contribution in [0.3, 0.4) is 0 Å². The Balaban J connectivity index is 1.78. The molecule has 0 saturated carbocycles. The van der Waals surface area contributed by atoms with Crippen LogP contribution in [0.25, 0.3) is 21.3 Å². The lowest BCUT2D eigenvalue weighted by Crippen LogP contribution is -2.17. The van der Waals surface area contributed by atoms with Crippen molar-refractivity contribution in [1.82, 2.24) is 19.7 Å². The van der Waals surface area contributed by atoms with Crippen molar-refractivity contribution in [3.05, 3.63) is 59.5 Å². The van der Waals surface area contributed by atoms with Gasteiger partial charge in [0, 0.05) is 43.3 Å². The van der Waals surface area contributed by atoms with Crippen LogP contribution in [-0.2, 0) is 13.6 Å². The van der Waals surface area contributed by atoms with E-state index in [1.807, 2.05) is 24.1 Å². The van der Waals surface area contributed by atoms with Crippen molar-refractivity contribution in [2.75, 3.05) is 11.9 Å². The first-order valence-corrected chi connectivity index (χ1v) is 8.97. The molecule has 0 atom stereocenters. The van der Waals surface area contributed by atoms with Crippen LogP contribution in [0, 0.1) is 6.92 Å². The first kappa shape index (κ1) is 15.8. The Kier molecular flexibility index (Phi) is 3.97. The van der Waals surface area contributed by atoms with Gasteiger partial charge in [0.2, 0.25) is 0 Å². The average Bonchev–Trinajstić information content (AvgIpc) is 3.21. The number of benzene rings is 1. The summed E-state index contributed by atoms with van der Waals surface area (Å²) in [6.45, 7) is 2.86. The molecular formula is C19H19N5S. The van der Waals surface area contributed by atoms with Crippen molar-refractivity contribution < 1.29 is 0 Å². The van der Waals surface area contributed by atoms with Gasteiger partial charge in [-0.15, -0.1) is 11.3 Å².